The molecule has 0 unspecified atom stereocenters. The molecule has 0 aliphatic rings. The Hall–Kier alpha value is -4.21. The van der Waals surface area contributed by atoms with Crippen molar-refractivity contribution in [3.63, 3.8) is 0 Å². The first-order chi connectivity index (χ1) is 29.7. The molecule has 0 spiro atoms. The second kappa shape index (κ2) is 31.3. The molecule has 3 aromatic carbocycles. The Kier molecular flexibility index (Phi) is 35.7. The molecule has 0 aliphatic heterocycles. The van der Waals surface area contributed by atoms with Crippen LogP contribution in [0.5, 0.6) is 17.2 Å². The van der Waals surface area contributed by atoms with Crippen molar-refractivity contribution in [2.75, 3.05) is 0 Å². The maximum atomic E-state index is 10.7. The zero-order valence-electron chi connectivity index (χ0n) is 31.8. The van der Waals surface area contributed by atoms with Crippen LogP contribution in [0.2, 0.25) is 0 Å². The Bertz CT molecular complexity index is 2160. The van der Waals surface area contributed by atoms with Crippen LogP contribution in [0.3, 0.4) is 0 Å². The molecular formula is C24H21AlF18O21S6. The Morgan fingerprint density at radius 2 is 0.329 bits per heavy atom. The van der Waals surface area contributed by atoms with E-state index in [1.165, 1.54) is 36.4 Å². The van der Waals surface area contributed by atoms with Crippen LogP contribution < -0.4 is 15.3 Å². The van der Waals surface area contributed by atoms with Crippen LogP contribution in [0, 0.1) is 0 Å². The summed E-state index contributed by atoms with van der Waals surface area (Å²) in [6.07, 6.45) is 0. The molecule has 70 heavy (non-hydrogen) atoms. The Balaban J connectivity index is -0.000000127. The van der Waals surface area contributed by atoms with Crippen molar-refractivity contribution in [3.05, 3.63) is 91.0 Å². The standard InChI is InChI=1S/3C6H6O.6CHF3O3S.Al/c3*7-6-4-2-1-3-5-6;6*2-1(3,4)8(5,6)7;/h3*1-5,7H;6*(H,5,6,7);/q;;;;;;;;;+3/p-3. The summed E-state index contributed by atoms with van der Waals surface area (Å²) in [5, 5.41) is 30.8. The van der Waals surface area contributed by atoms with Gasteiger partial charge in [-0.15, -0.1) is 17.2 Å². The van der Waals surface area contributed by atoms with E-state index in [2.05, 4.69) is 0 Å². The number of rotatable bonds is 0. The smallest absolute Gasteiger partial charge is 0.872 e. The monoisotopic (exact) mass is 1210 g/mol. The number of halogens is 18. The first kappa shape index (κ1) is 79.9. The molecule has 0 fully saturated rings. The number of hydrogen-bond acceptors (Lipinski definition) is 15. The maximum absolute atomic E-state index is 10.7. The fraction of sp³-hybridized carbons (Fsp3) is 0.250. The minimum absolute atomic E-state index is 0. The number of hydrogen-bond donors (Lipinski definition) is 6. The van der Waals surface area contributed by atoms with Crippen LogP contribution in [0.25, 0.3) is 0 Å². The summed E-state index contributed by atoms with van der Waals surface area (Å²) in [7, 11) is -35.0. The molecule has 408 valence electrons. The summed E-state index contributed by atoms with van der Waals surface area (Å²) in [6.45, 7) is 0. The van der Waals surface area contributed by atoms with Crippen molar-refractivity contribution >= 4 is 78.1 Å². The Morgan fingerprint density at radius 3 is 0.357 bits per heavy atom. The number of para-hydroxylation sites is 3. The molecule has 0 saturated carbocycles. The normalized spacial score (nSPS) is 12.2. The van der Waals surface area contributed by atoms with Gasteiger partial charge in [0.1, 0.15) is 0 Å². The maximum Gasteiger partial charge on any atom is 3.00 e. The van der Waals surface area contributed by atoms with E-state index in [0.29, 0.717) is 0 Å². The van der Waals surface area contributed by atoms with E-state index in [0.717, 1.165) is 0 Å². The van der Waals surface area contributed by atoms with Gasteiger partial charge in [-0.1, -0.05) is 91.0 Å². The van der Waals surface area contributed by atoms with Crippen molar-refractivity contribution in [1.29, 1.82) is 0 Å². The van der Waals surface area contributed by atoms with Gasteiger partial charge >= 0.3 is 111 Å². The second-order valence-corrected chi connectivity index (χ2v) is 17.9. The van der Waals surface area contributed by atoms with E-state index in [4.69, 9.17) is 77.8 Å². The molecule has 0 bridgehead atoms. The van der Waals surface area contributed by atoms with E-state index in [9.17, 15) is 94.3 Å². The third kappa shape index (κ3) is 46.2. The molecule has 6 N–H and O–H groups in total. The summed E-state index contributed by atoms with van der Waals surface area (Å²) in [4.78, 5) is 0. The molecule has 0 atom stereocenters. The van der Waals surface area contributed by atoms with Gasteiger partial charge in [-0.05, 0) is 0 Å². The van der Waals surface area contributed by atoms with Gasteiger partial charge in [-0.25, -0.2) is 0 Å². The Morgan fingerprint density at radius 1 is 0.257 bits per heavy atom. The summed E-state index contributed by atoms with van der Waals surface area (Å²) in [5.41, 5.74) is -33.2. The van der Waals surface area contributed by atoms with Crippen molar-refractivity contribution in [2.45, 2.75) is 33.0 Å². The van der Waals surface area contributed by atoms with Crippen LogP contribution in [0.1, 0.15) is 0 Å². The molecule has 0 radical (unpaired) electrons. The third-order valence-corrected chi connectivity index (χ3v) is 7.49. The van der Waals surface area contributed by atoms with E-state index < -0.39 is 93.8 Å². The average Bonchev–Trinajstić information content (AvgIpc) is 3.06. The molecule has 46 heteroatoms. The van der Waals surface area contributed by atoms with Gasteiger partial charge in [0.2, 0.25) is 0 Å². The summed E-state index contributed by atoms with van der Waals surface area (Å²) in [5.74, 6) is 0.215. The molecule has 0 aromatic heterocycles. The van der Waals surface area contributed by atoms with Crippen molar-refractivity contribution in [2.24, 2.45) is 0 Å². The third-order valence-electron chi connectivity index (χ3n) is 3.98. The van der Waals surface area contributed by atoms with Gasteiger partial charge < -0.3 is 15.3 Å². The van der Waals surface area contributed by atoms with Gasteiger partial charge in [-0.3, -0.25) is 27.3 Å². The topological polar surface area (TPSA) is 395 Å². The van der Waals surface area contributed by atoms with E-state index in [-0.39, 0.29) is 34.6 Å². The van der Waals surface area contributed by atoms with Gasteiger partial charge in [0.05, 0.1) is 0 Å². The van der Waals surface area contributed by atoms with Crippen LogP contribution >= 0.6 is 0 Å². The largest absolute Gasteiger partial charge is 3.00 e. The summed E-state index contributed by atoms with van der Waals surface area (Å²) < 4.78 is 345. The molecule has 3 aromatic rings. The second-order valence-electron chi connectivity index (χ2n) is 9.46. The van der Waals surface area contributed by atoms with Gasteiger partial charge in [-0.2, -0.15) is 130 Å². The molecule has 0 saturated heterocycles. The van der Waals surface area contributed by atoms with Gasteiger partial charge in [0.15, 0.2) is 0 Å². The minimum atomic E-state index is -5.84. The molecule has 21 nitrogen and oxygen atoms in total. The van der Waals surface area contributed by atoms with E-state index >= 15 is 0 Å². The van der Waals surface area contributed by atoms with Crippen LogP contribution in [-0.4, -0.2) is 128 Å². The zero-order chi connectivity index (χ0) is 57.3. The molecular weight excluding hydrogens is 1190 g/mol. The first-order valence-corrected chi connectivity index (χ1v) is 22.7. The zero-order valence-corrected chi connectivity index (χ0v) is 37.9. The fourth-order valence-corrected chi connectivity index (χ4v) is 1.26. The summed E-state index contributed by atoms with van der Waals surface area (Å²) >= 11 is 0. The summed E-state index contributed by atoms with van der Waals surface area (Å²) in [6, 6.07) is 25.0. The van der Waals surface area contributed by atoms with Gasteiger partial charge in [0, 0.05) is 0 Å². The average molecular weight is 1210 g/mol. The predicted molar refractivity (Wildman–Crippen MR) is 189 cm³/mol. The van der Waals surface area contributed by atoms with Crippen LogP contribution in [0.15, 0.2) is 91.0 Å². The van der Waals surface area contributed by atoms with E-state index in [1.807, 2.05) is 18.2 Å². The Labute approximate surface area is 390 Å². The van der Waals surface area contributed by atoms with Crippen molar-refractivity contribution < 1.29 is 172 Å². The number of alkyl halides is 18. The molecule has 3 rings (SSSR count). The van der Waals surface area contributed by atoms with E-state index in [1.54, 1.807) is 36.4 Å². The number of benzene rings is 3. The van der Waals surface area contributed by atoms with Crippen molar-refractivity contribution in [3.8, 4) is 17.2 Å². The SMILES string of the molecule is O=S(=O)(O)C(F)(F)F.O=S(=O)(O)C(F)(F)F.O=S(=O)(O)C(F)(F)F.O=S(=O)(O)C(F)(F)F.O=S(=O)(O)C(F)(F)F.O=S(=O)(O)C(F)(F)F.[Al+3].[O-]c1ccccc1.[O-]c1ccccc1.[O-]c1ccccc1. The quantitative estimate of drug-likeness (QED) is 0.0792. The first-order valence-electron chi connectivity index (χ1n) is 14.1. The minimum Gasteiger partial charge on any atom is -0.872 e. The predicted octanol–water partition coefficient (Wildman–Crippen LogP) is 4.26. The molecule has 0 amide bonds. The van der Waals surface area contributed by atoms with Crippen molar-refractivity contribution in [1.82, 2.24) is 0 Å². The molecule has 0 heterocycles. The molecule has 0 aliphatic carbocycles. The van der Waals surface area contributed by atoms with Crippen LogP contribution in [0.4, 0.5) is 79.0 Å². The van der Waals surface area contributed by atoms with Gasteiger partial charge in [0.25, 0.3) is 0 Å². The van der Waals surface area contributed by atoms with Crippen LogP contribution in [-0.2, 0) is 60.7 Å². The fourth-order valence-electron chi connectivity index (χ4n) is 1.26.